The number of benzene rings is 4. The molecule has 0 aliphatic heterocycles. The maximum atomic E-state index is 12.8. The van der Waals surface area contributed by atoms with E-state index < -0.39 is 10.0 Å². The highest BCUT2D eigenvalue weighted by Gasteiger charge is 2.23. The Balaban J connectivity index is 1.31. The first-order valence-electron chi connectivity index (χ1n) is 12.1. The predicted molar refractivity (Wildman–Crippen MR) is 149 cm³/mol. The summed E-state index contributed by atoms with van der Waals surface area (Å²) >= 11 is 6.22. The van der Waals surface area contributed by atoms with Crippen molar-refractivity contribution in [1.29, 1.82) is 0 Å². The van der Waals surface area contributed by atoms with Gasteiger partial charge >= 0.3 is 0 Å². The van der Waals surface area contributed by atoms with E-state index in [2.05, 4.69) is 17.4 Å². The summed E-state index contributed by atoms with van der Waals surface area (Å²) in [6.45, 7) is 0.0988. The highest BCUT2D eigenvalue weighted by molar-refractivity contribution is 7.92. The number of para-hydroxylation sites is 1. The normalized spacial score (nSPS) is 12.5. The summed E-state index contributed by atoms with van der Waals surface area (Å²) in [6.07, 6.45) is 3.64. The highest BCUT2D eigenvalue weighted by Crippen LogP contribution is 2.37. The highest BCUT2D eigenvalue weighted by atomic mass is 35.5. The molecule has 0 heterocycles. The molecule has 0 aromatic heterocycles. The molecule has 0 radical (unpaired) electrons. The summed E-state index contributed by atoms with van der Waals surface area (Å²) in [4.78, 5) is 12.8. The van der Waals surface area contributed by atoms with Gasteiger partial charge < -0.3 is 10.1 Å². The number of hydrogen-bond acceptors (Lipinski definition) is 4. The van der Waals surface area contributed by atoms with Crippen molar-refractivity contribution in [3.63, 3.8) is 0 Å². The van der Waals surface area contributed by atoms with Crippen LogP contribution in [-0.4, -0.2) is 27.1 Å². The summed E-state index contributed by atoms with van der Waals surface area (Å²) in [7, 11) is -3.67. The van der Waals surface area contributed by atoms with Gasteiger partial charge in [-0.05, 0) is 72.2 Å². The van der Waals surface area contributed by atoms with Crippen LogP contribution in [0, 0.1) is 0 Å². The third kappa shape index (κ3) is 5.58. The molecule has 0 bridgehead atoms. The number of sulfonamides is 1. The van der Waals surface area contributed by atoms with E-state index in [0.717, 1.165) is 30.2 Å². The number of ether oxygens (including phenoxy) is 1. The Hall–Kier alpha value is -3.55. The van der Waals surface area contributed by atoms with Gasteiger partial charge in [0, 0.05) is 29.1 Å². The van der Waals surface area contributed by atoms with Crippen molar-refractivity contribution in [1.82, 2.24) is 0 Å². The number of hydrogen-bond donors (Lipinski definition) is 1. The second-order valence-electron chi connectivity index (χ2n) is 9.13. The van der Waals surface area contributed by atoms with Crippen molar-refractivity contribution in [2.24, 2.45) is 0 Å². The van der Waals surface area contributed by atoms with Crippen LogP contribution in [0.15, 0.2) is 78.9 Å². The molecule has 1 N–H and O–H groups in total. The molecular formula is C29H27ClN2O4S. The molecule has 1 aliphatic rings. The second-order valence-corrected chi connectivity index (χ2v) is 11.5. The first-order chi connectivity index (χ1) is 17.8. The number of carbonyl (C=O) groups is 1. The minimum Gasteiger partial charge on any atom is -0.455 e. The van der Waals surface area contributed by atoms with Crippen molar-refractivity contribution >= 4 is 49.7 Å². The first kappa shape index (κ1) is 25.1. The fourth-order valence-electron chi connectivity index (χ4n) is 4.80. The number of nitrogens with zero attached hydrogens (tertiary/aromatic N) is 1. The Labute approximate surface area is 221 Å². The largest absolute Gasteiger partial charge is 0.455 e. The number of aryl methyl sites for hydroxylation is 2. The molecule has 4 aromatic carbocycles. The topological polar surface area (TPSA) is 75.7 Å². The van der Waals surface area contributed by atoms with Gasteiger partial charge in [-0.1, -0.05) is 54.1 Å². The second kappa shape index (κ2) is 10.4. The van der Waals surface area contributed by atoms with Crippen LogP contribution in [0.4, 0.5) is 11.4 Å². The molecular weight excluding hydrogens is 508 g/mol. The average molecular weight is 535 g/mol. The Kier molecular flexibility index (Phi) is 7.09. The third-order valence-electron chi connectivity index (χ3n) is 6.48. The number of nitrogens with one attached hydrogen (secondary N) is 1. The third-order valence-corrected chi connectivity index (χ3v) is 7.89. The van der Waals surface area contributed by atoms with Crippen LogP contribution in [0.3, 0.4) is 0 Å². The van der Waals surface area contributed by atoms with Crippen molar-refractivity contribution in [2.75, 3.05) is 22.4 Å². The molecule has 0 saturated carbocycles. The first-order valence-corrected chi connectivity index (χ1v) is 14.4. The Bertz CT molecular complexity index is 1560. The maximum Gasteiger partial charge on any atom is 0.232 e. The zero-order valence-corrected chi connectivity index (χ0v) is 22.0. The van der Waals surface area contributed by atoms with E-state index in [1.165, 1.54) is 20.8 Å². The number of rotatable bonds is 9. The van der Waals surface area contributed by atoms with E-state index in [1.807, 2.05) is 36.4 Å². The summed E-state index contributed by atoms with van der Waals surface area (Å²) in [6, 6.07) is 24.2. The van der Waals surface area contributed by atoms with Crippen molar-refractivity contribution < 1.29 is 17.9 Å². The van der Waals surface area contributed by atoms with E-state index in [4.69, 9.17) is 16.3 Å². The SMILES string of the molecule is CS(=O)(=O)N(CCCC(=O)Nc1ccc2c3c(cccc13)CC2)c1cc(Cl)ccc1Oc1ccccc1. The van der Waals surface area contributed by atoms with E-state index in [1.54, 1.807) is 30.3 Å². The van der Waals surface area contributed by atoms with Crippen LogP contribution in [0.25, 0.3) is 10.8 Å². The van der Waals surface area contributed by atoms with Gasteiger partial charge in [-0.2, -0.15) is 0 Å². The Morgan fingerprint density at radius 2 is 1.73 bits per heavy atom. The van der Waals surface area contributed by atoms with E-state index >= 15 is 0 Å². The molecule has 1 amide bonds. The van der Waals surface area contributed by atoms with Crippen LogP contribution < -0.4 is 14.4 Å². The summed E-state index contributed by atoms with van der Waals surface area (Å²) < 4.78 is 32.7. The molecule has 1 aliphatic carbocycles. The van der Waals surface area contributed by atoms with Gasteiger partial charge in [0.25, 0.3) is 0 Å². The molecule has 0 unspecified atom stereocenters. The fraction of sp³-hybridized carbons (Fsp3) is 0.207. The molecule has 37 heavy (non-hydrogen) atoms. The standard InChI is InChI=1S/C29H27ClN2O4S/c1-37(34,35)32(26-19-22(30)15-17-27(26)36-23-8-3-2-4-9-23)18-6-11-28(33)31-25-16-14-21-13-12-20-7-5-10-24(25)29(20)21/h2-5,7-10,14-17,19H,6,11-13,18H2,1H3,(H,31,33). The minimum absolute atomic E-state index is 0.0988. The predicted octanol–water partition coefficient (Wildman–Crippen LogP) is 6.57. The van der Waals surface area contributed by atoms with Gasteiger partial charge in [-0.3, -0.25) is 9.10 Å². The Morgan fingerprint density at radius 3 is 2.49 bits per heavy atom. The molecule has 190 valence electrons. The van der Waals surface area contributed by atoms with Gasteiger partial charge in [0.2, 0.25) is 15.9 Å². The zero-order chi connectivity index (χ0) is 26.0. The lowest BCUT2D eigenvalue weighted by molar-refractivity contribution is -0.116. The summed E-state index contributed by atoms with van der Waals surface area (Å²) in [5, 5.41) is 5.68. The zero-order valence-electron chi connectivity index (χ0n) is 20.4. The minimum atomic E-state index is -3.67. The molecule has 0 spiro atoms. The lowest BCUT2D eigenvalue weighted by atomic mass is 10.0. The van der Waals surface area contributed by atoms with Gasteiger partial charge in [-0.15, -0.1) is 0 Å². The maximum absolute atomic E-state index is 12.8. The lowest BCUT2D eigenvalue weighted by Crippen LogP contribution is -2.31. The quantitative estimate of drug-likeness (QED) is 0.263. The van der Waals surface area contributed by atoms with Crippen LogP contribution in [0.1, 0.15) is 24.0 Å². The monoisotopic (exact) mass is 534 g/mol. The van der Waals surface area contributed by atoms with Gasteiger partial charge in [0.05, 0.1) is 11.9 Å². The average Bonchev–Trinajstić information content (AvgIpc) is 3.29. The van der Waals surface area contributed by atoms with E-state index in [9.17, 15) is 13.2 Å². The molecule has 0 saturated heterocycles. The van der Waals surface area contributed by atoms with Gasteiger partial charge in [-0.25, -0.2) is 8.42 Å². The number of anilines is 2. The fourth-order valence-corrected chi connectivity index (χ4v) is 5.93. The molecule has 4 aromatic rings. The number of halogens is 1. The lowest BCUT2D eigenvalue weighted by Gasteiger charge is -2.25. The van der Waals surface area contributed by atoms with Gasteiger partial charge in [0.1, 0.15) is 5.75 Å². The number of carbonyl (C=O) groups excluding carboxylic acids is 1. The molecule has 5 rings (SSSR count). The molecule has 8 heteroatoms. The van der Waals surface area contributed by atoms with Crippen LogP contribution >= 0.6 is 11.6 Å². The van der Waals surface area contributed by atoms with Crippen LogP contribution in [0.2, 0.25) is 5.02 Å². The Morgan fingerprint density at radius 1 is 0.973 bits per heavy atom. The number of amides is 1. The van der Waals surface area contributed by atoms with E-state index in [-0.39, 0.29) is 18.9 Å². The molecule has 6 nitrogen and oxygen atoms in total. The summed E-state index contributed by atoms with van der Waals surface area (Å²) in [5.41, 5.74) is 3.72. The van der Waals surface area contributed by atoms with Gasteiger partial charge in [0.15, 0.2) is 5.75 Å². The van der Waals surface area contributed by atoms with Crippen molar-refractivity contribution in [3.05, 3.63) is 95.0 Å². The van der Waals surface area contributed by atoms with Crippen molar-refractivity contribution in [2.45, 2.75) is 25.7 Å². The van der Waals surface area contributed by atoms with Crippen LogP contribution in [0.5, 0.6) is 11.5 Å². The van der Waals surface area contributed by atoms with E-state index in [0.29, 0.717) is 28.6 Å². The summed E-state index contributed by atoms with van der Waals surface area (Å²) in [5.74, 6) is 0.765. The molecule has 0 atom stereocenters. The molecule has 0 fully saturated rings. The van der Waals surface area contributed by atoms with Crippen LogP contribution in [-0.2, 0) is 27.7 Å². The smallest absolute Gasteiger partial charge is 0.232 e. The van der Waals surface area contributed by atoms with Crippen molar-refractivity contribution in [3.8, 4) is 11.5 Å².